The maximum Gasteiger partial charge on any atom is 0.407 e. The lowest BCUT2D eigenvalue weighted by molar-refractivity contribution is -0.143. The van der Waals surface area contributed by atoms with Gasteiger partial charge in [-0.05, 0) is 26.2 Å². The molecule has 0 radical (unpaired) electrons. The molecule has 1 saturated heterocycles. The van der Waals surface area contributed by atoms with Crippen LogP contribution in [0.5, 0.6) is 0 Å². The minimum absolute atomic E-state index is 0.128. The average molecular weight is 245 g/mol. The highest BCUT2D eigenvalue weighted by Gasteiger charge is 2.30. The first-order chi connectivity index (χ1) is 8.04. The number of esters is 1. The average Bonchev–Trinajstić information content (AvgIpc) is 2.27. The molecule has 17 heavy (non-hydrogen) atoms. The van der Waals surface area contributed by atoms with Crippen molar-refractivity contribution in [3.63, 3.8) is 0 Å². The van der Waals surface area contributed by atoms with Crippen LogP contribution in [0.3, 0.4) is 0 Å². The van der Waals surface area contributed by atoms with Gasteiger partial charge in [-0.2, -0.15) is 0 Å². The molecule has 1 rings (SSSR count). The van der Waals surface area contributed by atoms with E-state index < -0.39 is 12.2 Å². The summed E-state index contributed by atoms with van der Waals surface area (Å²) in [4.78, 5) is 23.4. The van der Waals surface area contributed by atoms with E-state index in [1.807, 2.05) is 0 Å². The molecule has 0 spiro atoms. The number of carbonyl (C=O) groups excluding carboxylic acids is 1. The second-order valence-corrected chi connectivity index (χ2v) is 4.16. The van der Waals surface area contributed by atoms with Crippen molar-refractivity contribution in [3.8, 4) is 0 Å². The van der Waals surface area contributed by atoms with Gasteiger partial charge in [0.1, 0.15) is 0 Å². The number of hydrogen-bond donors (Lipinski definition) is 2. The Morgan fingerprint density at radius 1 is 1.41 bits per heavy atom. The molecule has 0 aliphatic carbocycles. The highest BCUT2D eigenvalue weighted by Crippen LogP contribution is 2.21. The highest BCUT2D eigenvalue weighted by atomic mass is 16.5. The van der Waals surface area contributed by atoms with Crippen LogP contribution in [0.15, 0.2) is 0 Å². The Morgan fingerprint density at radius 2 is 2.12 bits per heavy atom. The minimum atomic E-state index is -1.04. The Hall–Kier alpha value is -1.30. The van der Waals surface area contributed by atoms with Crippen LogP contribution in [0.2, 0.25) is 0 Å². The lowest BCUT2D eigenvalue weighted by Gasteiger charge is -2.35. The third-order valence-corrected chi connectivity index (χ3v) is 2.91. The monoisotopic (exact) mass is 245 g/mol. The first kappa shape index (κ1) is 13.8. The molecule has 1 amide bonds. The molecule has 1 fully saturated rings. The fourth-order valence-corrected chi connectivity index (χ4v) is 2.06. The number of aliphatic hydroxyl groups excluding tert-OH is 1. The second kappa shape index (κ2) is 6.44. The van der Waals surface area contributed by atoms with Crippen molar-refractivity contribution in [2.24, 2.45) is 0 Å². The van der Waals surface area contributed by atoms with E-state index >= 15 is 0 Å². The minimum Gasteiger partial charge on any atom is -0.466 e. The molecule has 0 bridgehead atoms. The van der Waals surface area contributed by atoms with Gasteiger partial charge in [0.2, 0.25) is 0 Å². The van der Waals surface area contributed by atoms with Gasteiger partial charge in [-0.15, -0.1) is 0 Å². The fraction of sp³-hybridized carbons (Fsp3) is 0.818. The summed E-state index contributed by atoms with van der Waals surface area (Å²) >= 11 is 0. The smallest absolute Gasteiger partial charge is 0.407 e. The topological polar surface area (TPSA) is 87.1 Å². The maximum atomic E-state index is 11.2. The molecule has 1 aliphatic rings. The number of piperidine rings is 1. The van der Waals surface area contributed by atoms with Crippen molar-refractivity contribution < 1.29 is 24.5 Å². The van der Waals surface area contributed by atoms with Gasteiger partial charge in [-0.3, -0.25) is 4.79 Å². The quantitative estimate of drug-likeness (QED) is 0.716. The van der Waals surface area contributed by atoms with Crippen LogP contribution < -0.4 is 0 Å². The first-order valence-electron chi connectivity index (χ1n) is 5.87. The number of aliphatic hydroxyl groups is 1. The van der Waals surface area contributed by atoms with Crippen molar-refractivity contribution in [3.05, 3.63) is 0 Å². The zero-order valence-corrected chi connectivity index (χ0v) is 9.96. The van der Waals surface area contributed by atoms with E-state index in [0.717, 1.165) is 0 Å². The van der Waals surface area contributed by atoms with Crippen molar-refractivity contribution >= 4 is 12.1 Å². The van der Waals surface area contributed by atoms with Gasteiger partial charge in [-0.1, -0.05) is 0 Å². The number of ether oxygens (including phenoxy) is 1. The first-order valence-corrected chi connectivity index (χ1v) is 5.87. The Bertz CT molecular complexity index is 281. The number of nitrogens with zero attached hydrogens (tertiary/aromatic N) is 1. The molecule has 98 valence electrons. The van der Waals surface area contributed by atoms with Gasteiger partial charge in [0.05, 0.1) is 19.3 Å². The molecule has 0 saturated carbocycles. The van der Waals surface area contributed by atoms with Crippen LogP contribution in [-0.2, 0) is 9.53 Å². The number of hydrogen-bond acceptors (Lipinski definition) is 4. The van der Waals surface area contributed by atoms with Gasteiger partial charge >= 0.3 is 12.1 Å². The summed E-state index contributed by atoms with van der Waals surface area (Å²) in [6.45, 7) is 2.20. The third kappa shape index (κ3) is 4.22. The summed E-state index contributed by atoms with van der Waals surface area (Å²) in [5.74, 6) is -0.302. The lowest BCUT2D eigenvalue weighted by atomic mass is 9.97. The molecule has 2 N–H and O–H groups in total. The van der Waals surface area contributed by atoms with Crippen LogP contribution in [0.4, 0.5) is 4.79 Å². The third-order valence-electron chi connectivity index (χ3n) is 2.91. The van der Waals surface area contributed by atoms with Crippen LogP contribution >= 0.6 is 0 Å². The van der Waals surface area contributed by atoms with Crippen molar-refractivity contribution in [1.29, 1.82) is 0 Å². The Labute approximate surface area is 100 Å². The van der Waals surface area contributed by atoms with Crippen LogP contribution in [0.1, 0.15) is 32.6 Å². The SMILES string of the molecule is CCOC(=O)CCC1CCC(O)CN1C(=O)O. The Balaban J connectivity index is 2.44. The predicted molar refractivity (Wildman–Crippen MR) is 59.6 cm³/mol. The van der Waals surface area contributed by atoms with E-state index in [-0.39, 0.29) is 25.0 Å². The number of rotatable bonds is 4. The van der Waals surface area contributed by atoms with E-state index in [0.29, 0.717) is 25.9 Å². The molecule has 0 aromatic rings. The summed E-state index contributed by atoms with van der Waals surface area (Å²) < 4.78 is 4.80. The van der Waals surface area contributed by atoms with Gasteiger partial charge < -0.3 is 19.8 Å². The van der Waals surface area contributed by atoms with Gasteiger partial charge in [0, 0.05) is 12.5 Å². The number of β-amino-alcohol motifs (C(OH)–C–C–N with tert-alkyl or cyclic N) is 1. The molecule has 1 heterocycles. The second-order valence-electron chi connectivity index (χ2n) is 4.16. The molecule has 0 aromatic carbocycles. The van der Waals surface area contributed by atoms with E-state index in [1.165, 1.54) is 4.90 Å². The molecule has 2 atom stereocenters. The Morgan fingerprint density at radius 3 is 2.71 bits per heavy atom. The van der Waals surface area contributed by atoms with Crippen LogP contribution in [0.25, 0.3) is 0 Å². The number of carboxylic acid groups (broad SMARTS) is 1. The van der Waals surface area contributed by atoms with E-state index in [4.69, 9.17) is 9.84 Å². The Kier molecular flexibility index (Phi) is 5.21. The standard InChI is InChI=1S/C11H19NO5/c1-2-17-10(14)6-4-8-3-5-9(13)7-12(8)11(15)16/h8-9,13H,2-7H2,1H3,(H,15,16). The summed E-state index contributed by atoms with van der Waals surface area (Å²) in [5, 5.41) is 18.4. The van der Waals surface area contributed by atoms with Gasteiger partial charge in [0.15, 0.2) is 0 Å². The van der Waals surface area contributed by atoms with E-state index in [1.54, 1.807) is 6.92 Å². The maximum absolute atomic E-state index is 11.2. The normalized spacial score (nSPS) is 24.5. The lowest BCUT2D eigenvalue weighted by Crippen LogP contribution is -2.48. The van der Waals surface area contributed by atoms with Crippen molar-refractivity contribution in [2.45, 2.75) is 44.8 Å². The summed E-state index contributed by atoms with van der Waals surface area (Å²) in [6, 6.07) is -0.194. The molecule has 1 aliphatic heterocycles. The predicted octanol–water partition coefficient (Wildman–Crippen LogP) is 0.833. The largest absolute Gasteiger partial charge is 0.466 e. The van der Waals surface area contributed by atoms with Crippen LogP contribution in [0, 0.1) is 0 Å². The zero-order chi connectivity index (χ0) is 12.8. The summed E-state index contributed by atoms with van der Waals surface area (Å²) in [7, 11) is 0. The molecule has 6 heteroatoms. The summed E-state index contributed by atoms with van der Waals surface area (Å²) in [6.07, 6.45) is 0.211. The number of likely N-dealkylation sites (tertiary alicyclic amines) is 1. The molecular formula is C11H19NO5. The zero-order valence-electron chi connectivity index (χ0n) is 9.96. The van der Waals surface area contributed by atoms with Gasteiger partial charge in [0.25, 0.3) is 0 Å². The van der Waals surface area contributed by atoms with Crippen LogP contribution in [-0.4, -0.2) is 52.5 Å². The molecule has 6 nitrogen and oxygen atoms in total. The van der Waals surface area contributed by atoms with Crippen molar-refractivity contribution in [2.75, 3.05) is 13.2 Å². The molecule has 0 aromatic heterocycles. The molecular weight excluding hydrogens is 226 g/mol. The highest BCUT2D eigenvalue weighted by molar-refractivity contribution is 5.69. The van der Waals surface area contributed by atoms with E-state index in [9.17, 15) is 14.7 Å². The molecule has 2 unspecified atom stereocenters. The van der Waals surface area contributed by atoms with Crippen molar-refractivity contribution in [1.82, 2.24) is 4.90 Å². The van der Waals surface area contributed by atoms with E-state index in [2.05, 4.69) is 0 Å². The van der Waals surface area contributed by atoms with Gasteiger partial charge in [-0.25, -0.2) is 4.79 Å². The fourth-order valence-electron chi connectivity index (χ4n) is 2.06. The summed E-state index contributed by atoms with van der Waals surface area (Å²) in [5.41, 5.74) is 0. The number of carbonyl (C=O) groups is 2. The number of amides is 1.